The van der Waals surface area contributed by atoms with E-state index in [0.29, 0.717) is 17.0 Å². The van der Waals surface area contributed by atoms with Gasteiger partial charge in [-0.1, -0.05) is 135 Å². The molecular weight excluding hydrogens is 647 g/mol. The Labute approximate surface area is 319 Å². The summed E-state index contributed by atoms with van der Waals surface area (Å²) in [7, 11) is 0. The lowest BCUT2D eigenvalue weighted by Crippen LogP contribution is -2.17. The van der Waals surface area contributed by atoms with Crippen LogP contribution in [-0.2, 0) is 16.2 Å². The van der Waals surface area contributed by atoms with Gasteiger partial charge in [-0.2, -0.15) is 0 Å². The third-order valence-corrected chi connectivity index (χ3v) is 10.1. The normalized spacial score (nSPS) is 13.5. The van der Waals surface area contributed by atoms with Crippen molar-refractivity contribution in [1.82, 2.24) is 14.5 Å². The molecule has 0 aliphatic heterocycles. The monoisotopic (exact) mass is 700 g/mol. The van der Waals surface area contributed by atoms with Crippen molar-refractivity contribution in [1.29, 1.82) is 0 Å². The van der Waals surface area contributed by atoms with Crippen molar-refractivity contribution in [3.8, 4) is 56.3 Å². The SMILES string of the molecule is [2H]C([2H])([2H])c1ccc(-c2ccnc(-c3cc(-c4cccc5c4nc(-c4cc(C(C)(C)C)cc(C(C)(C)C)c4O)n5-c4ccccc4)cc(C(C)(C)C)c3)c2)cc1. The van der Waals surface area contributed by atoms with Gasteiger partial charge in [0.2, 0.25) is 0 Å². The first kappa shape index (κ1) is 32.2. The smallest absolute Gasteiger partial charge is 0.149 e. The number of rotatable bonds is 5. The summed E-state index contributed by atoms with van der Waals surface area (Å²) in [5.41, 5.74) is 11.9. The highest BCUT2D eigenvalue weighted by Crippen LogP contribution is 2.45. The van der Waals surface area contributed by atoms with Crippen LogP contribution in [0.1, 0.15) is 88.7 Å². The van der Waals surface area contributed by atoms with Crippen LogP contribution in [0.15, 0.2) is 121 Å². The second kappa shape index (κ2) is 13.2. The van der Waals surface area contributed by atoms with Crippen molar-refractivity contribution in [2.75, 3.05) is 0 Å². The van der Waals surface area contributed by atoms with Gasteiger partial charge in [-0.15, -0.1) is 0 Å². The Morgan fingerprint density at radius 3 is 1.92 bits per heavy atom. The molecule has 2 aromatic heterocycles. The summed E-state index contributed by atoms with van der Waals surface area (Å²) in [4.78, 5) is 10.3. The predicted molar refractivity (Wildman–Crippen MR) is 223 cm³/mol. The third kappa shape index (κ3) is 7.03. The van der Waals surface area contributed by atoms with Crippen LogP contribution in [0.5, 0.6) is 5.75 Å². The second-order valence-electron chi connectivity index (χ2n) is 17.3. The number of phenolic OH excluding ortho intramolecular Hbond substituents is 1. The second-order valence-corrected chi connectivity index (χ2v) is 17.3. The molecule has 0 spiro atoms. The quantitative estimate of drug-likeness (QED) is 0.194. The maximum Gasteiger partial charge on any atom is 0.149 e. The number of imidazole rings is 1. The molecule has 0 fully saturated rings. The number of aromatic hydroxyl groups is 1. The first-order valence-corrected chi connectivity index (χ1v) is 18.4. The minimum atomic E-state index is -2.15. The maximum atomic E-state index is 12.1. The fraction of sp³-hybridized carbons (Fsp3) is 0.265. The summed E-state index contributed by atoms with van der Waals surface area (Å²) in [6, 6.07) is 38.6. The lowest BCUT2D eigenvalue weighted by atomic mass is 9.79. The average Bonchev–Trinajstić information content (AvgIpc) is 3.53. The van der Waals surface area contributed by atoms with Crippen LogP contribution in [-0.4, -0.2) is 19.6 Å². The number of nitrogens with zero attached hydrogens (tertiary/aromatic N) is 3. The van der Waals surface area contributed by atoms with Crippen molar-refractivity contribution in [3.05, 3.63) is 144 Å². The first-order chi connectivity index (χ1) is 26.2. The summed E-state index contributed by atoms with van der Waals surface area (Å²) < 4.78 is 25.5. The topological polar surface area (TPSA) is 50.9 Å². The van der Waals surface area contributed by atoms with Crippen LogP contribution in [0.25, 0.3) is 61.6 Å². The molecule has 0 unspecified atom stereocenters. The van der Waals surface area contributed by atoms with Gasteiger partial charge in [0.15, 0.2) is 0 Å². The molecule has 53 heavy (non-hydrogen) atoms. The van der Waals surface area contributed by atoms with Crippen LogP contribution in [0, 0.1) is 6.85 Å². The van der Waals surface area contributed by atoms with Crippen LogP contribution in [0.2, 0.25) is 0 Å². The summed E-state index contributed by atoms with van der Waals surface area (Å²) in [6.45, 7) is 17.5. The zero-order valence-corrected chi connectivity index (χ0v) is 32.3. The molecule has 7 aromatic rings. The van der Waals surface area contributed by atoms with Gasteiger partial charge in [0.25, 0.3) is 0 Å². The molecule has 0 aliphatic carbocycles. The molecule has 0 saturated heterocycles. The van der Waals surface area contributed by atoms with Crippen molar-refractivity contribution < 1.29 is 9.22 Å². The number of aromatic nitrogens is 3. The number of benzene rings is 5. The molecule has 0 atom stereocenters. The summed E-state index contributed by atoms with van der Waals surface area (Å²) in [5, 5.41) is 12.1. The third-order valence-electron chi connectivity index (χ3n) is 10.1. The number of hydrogen-bond acceptors (Lipinski definition) is 3. The molecular formula is C49H51N3O. The number of para-hydroxylation sites is 2. The largest absolute Gasteiger partial charge is 0.507 e. The number of phenols is 1. The van der Waals surface area contributed by atoms with Gasteiger partial charge in [-0.05, 0) is 99.4 Å². The molecule has 5 aromatic carbocycles. The highest BCUT2D eigenvalue weighted by molar-refractivity contribution is 5.97. The van der Waals surface area contributed by atoms with E-state index in [4.69, 9.17) is 14.1 Å². The highest BCUT2D eigenvalue weighted by atomic mass is 16.3. The minimum Gasteiger partial charge on any atom is -0.507 e. The standard InChI is InChI=1S/C49H51N3O/c1-31-19-21-32(22-20-31)33-23-24-50-42(28-33)35-25-34(26-36(27-35)47(2,3)4)39-17-14-18-43-44(39)51-46(52(43)38-15-12-11-13-16-38)40-29-37(48(5,6)7)30-41(45(40)53)49(8,9)10/h11-30,53H,1-10H3/i1D3. The fourth-order valence-electron chi connectivity index (χ4n) is 6.96. The van der Waals surface area contributed by atoms with Gasteiger partial charge in [-0.3, -0.25) is 9.55 Å². The molecule has 2 heterocycles. The van der Waals surface area contributed by atoms with Crippen molar-refractivity contribution in [2.45, 2.75) is 85.4 Å². The van der Waals surface area contributed by atoms with E-state index in [0.717, 1.165) is 66.9 Å². The summed E-state index contributed by atoms with van der Waals surface area (Å²) in [6.07, 6.45) is 1.81. The van der Waals surface area contributed by atoms with E-state index in [2.05, 4.69) is 134 Å². The van der Waals surface area contributed by atoms with Crippen LogP contribution >= 0.6 is 0 Å². The van der Waals surface area contributed by atoms with E-state index >= 15 is 0 Å². The molecule has 268 valence electrons. The summed E-state index contributed by atoms with van der Waals surface area (Å²) >= 11 is 0. The zero-order valence-electron chi connectivity index (χ0n) is 35.3. The molecule has 0 bridgehead atoms. The molecule has 0 aliphatic rings. The number of hydrogen-bond donors (Lipinski definition) is 1. The van der Waals surface area contributed by atoms with Gasteiger partial charge in [-0.25, -0.2) is 4.98 Å². The van der Waals surface area contributed by atoms with E-state index in [1.54, 1.807) is 12.1 Å². The van der Waals surface area contributed by atoms with E-state index in [1.807, 2.05) is 42.6 Å². The Hall–Kier alpha value is -5.48. The highest BCUT2D eigenvalue weighted by Gasteiger charge is 2.29. The molecule has 1 N–H and O–H groups in total. The lowest BCUT2D eigenvalue weighted by Gasteiger charge is -2.27. The molecule has 0 amide bonds. The molecule has 0 radical (unpaired) electrons. The molecule has 0 saturated carbocycles. The number of pyridine rings is 1. The Bertz CT molecular complexity index is 2560. The predicted octanol–water partition coefficient (Wildman–Crippen LogP) is 13.0. The Morgan fingerprint density at radius 2 is 1.26 bits per heavy atom. The van der Waals surface area contributed by atoms with Crippen LogP contribution in [0.4, 0.5) is 0 Å². The van der Waals surface area contributed by atoms with E-state index < -0.39 is 6.85 Å². The van der Waals surface area contributed by atoms with E-state index in [9.17, 15) is 5.11 Å². The molecule has 4 heteroatoms. The maximum absolute atomic E-state index is 12.1. The van der Waals surface area contributed by atoms with Crippen LogP contribution < -0.4 is 0 Å². The minimum absolute atomic E-state index is 0.159. The molecule has 7 rings (SSSR count). The van der Waals surface area contributed by atoms with Crippen molar-refractivity contribution in [2.24, 2.45) is 0 Å². The van der Waals surface area contributed by atoms with E-state index in [1.165, 1.54) is 0 Å². The van der Waals surface area contributed by atoms with Gasteiger partial charge in [0.05, 0.1) is 22.3 Å². The van der Waals surface area contributed by atoms with Crippen molar-refractivity contribution >= 4 is 11.0 Å². The van der Waals surface area contributed by atoms with Gasteiger partial charge >= 0.3 is 0 Å². The summed E-state index contributed by atoms with van der Waals surface area (Å²) in [5.74, 6) is 0.925. The van der Waals surface area contributed by atoms with E-state index in [-0.39, 0.29) is 22.0 Å². The zero-order chi connectivity index (χ0) is 40.4. The number of fused-ring (bicyclic) bond motifs is 1. The average molecular weight is 701 g/mol. The Kier molecular flexibility index (Phi) is 8.01. The van der Waals surface area contributed by atoms with Gasteiger partial charge < -0.3 is 5.11 Å². The lowest BCUT2D eigenvalue weighted by molar-refractivity contribution is 0.446. The number of aryl methyl sites for hydroxylation is 1. The van der Waals surface area contributed by atoms with Gasteiger partial charge in [0.1, 0.15) is 11.6 Å². The Balaban J connectivity index is 1.46. The van der Waals surface area contributed by atoms with Crippen LogP contribution in [0.3, 0.4) is 0 Å². The van der Waals surface area contributed by atoms with Crippen molar-refractivity contribution in [3.63, 3.8) is 0 Å². The van der Waals surface area contributed by atoms with Gasteiger partial charge in [0, 0.05) is 32.7 Å². The Morgan fingerprint density at radius 1 is 0.585 bits per heavy atom. The first-order valence-electron chi connectivity index (χ1n) is 19.9. The fourth-order valence-corrected chi connectivity index (χ4v) is 6.96. The molecule has 4 nitrogen and oxygen atoms in total.